The van der Waals surface area contributed by atoms with Gasteiger partial charge in [0.2, 0.25) is 5.91 Å². The predicted molar refractivity (Wildman–Crippen MR) is 107 cm³/mol. The maximum absolute atomic E-state index is 12.4. The monoisotopic (exact) mass is 473 g/mol. The molecule has 2 saturated heterocycles. The van der Waals surface area contributed by atoms with Crippen molar-refractivity contribution in [3.05, 3.63) is 41.2 Å². The minimum atomic E-state index is -5.08. The van der Waals surface area contributed by atoms with Gasteiger partial charge in [0, 0.05) is 18.7 Å². The molecule has 33 heavy (non-hydrogen) atoms. The van der Waals surface area contributed by atoms with Crippen molar-refractivity contribution in [3.8, 4) is 0 Å². The first kappa shape index (κ1) is 24.8. The average molecular weight is 473 g/mol. The van der Waals surface area contributed by atoms with E-state index in [4.69, 9.17) is 23.6 Å². The number of carboxylic acids is 1. The van der Waals surface area contributed by atoms with E-state index in [-0.39, 0.29) is 18.1 Å². The highest BCUT2D eigenvalue weighted by molar-refractivity contribution is 5.81. The van der Waals surface area contributed by atoms with Crippen LogP contribution in [0.5, 0.6) is 0 Å². The molecule has 2 aliphatic heterocycles. The lowest BCUT2D eigenvalue weighted by molar-refractivity contribution is -0.192. The number of fused-ring (bicyclic) bond motifs is 1. The minimum Gasteiger partial charge on any atom is -0.475 e. The van der Waals surface area contributed by atoms with E-state index in [9.17, 15) is 18.0 Å². The second-order valence-electron chi connectivity index (χ2n) is 8.09. The molecule has 2 aromatic rings. The van der Waals surface area contributed by atoms with Crippen LogP contribution in [-0.4, -0.2) is 58.5 Å². The molecule has 12 heteroatoms. The Bertz CT molecular complexity index is 924. The molecular formula is C21H26F3N3O6. The topological polar surface area (TPSA) is 118 Å². The number of halogens is 3. The summed E-state index contributed by atoms with van der Waals surface area (Å²) in [5.74, 6) is -0.720. The van der Waals surface area contributed by atoms with Gasteiger partial charge in [-0.3, -0.25) is 9.69 Å². The number of nitrogens with zero attached hydrogens (tertiary/aromatic N) is 2. The molecule has 4 heterocycles. The number of hydrogen-bond acceptors (Lipinski definition) is 7. The summed E-state index contributed by atoms with van der Waals surface area (Å²) in [6.07, 6.45) is -1.87. The van der Waals surface area contributed by atoms with Gasteiger partial charge >= 0.3 is 12.1 Å². The molecule has 0 unspecified atom stereocenters. The van der Waals surface area contributed by atoms with E-state index in [1.807, 2.05) is 26.0 Å². The first-order valence-electron chi connectivity index (χ1n) is 10.4. The number of piperidine rings is 1. The summed E-state index contributed by atoms with van der Waals surface area (Å²) in [5, 5.41) is 14.1. The number of likely N-dealkylation sites (tertiary alicyclic amines) is 1. The fraction of sp³-hybridized carbons (Fsp3) is 0.571. The number of aliphatic carboxylic acids is 1. The summed E-state index contributed by atoms with van der Waals surface area (Å²) in [7, 11) is 0. The van der Waals surface area contributed by atoms with Gasteiger partial charge in [-0.05, 0) is 51.3 Å². The molecule has 3 atom stereocenters. The van der Waals surface area contributed by atoms with Crippen molar-refractivity contribution in [1.29, 1.82) is 0 Å². The number of alkyl halides is 3. The van der Waals surface area contributed by atoms with Gasteiger partial charge in [0.1, 0.15) is 17.6 Å². The Morgan fingerprint density at radius 1 is 1.33 bits per heavy atom. The van der Waals surface area contributed by atoms with Gasteiger partial charge in [-0.2, -0.15) is 13.2 Å². The van der Waals surface area contributed by atoms with Crippen LogP contribution >= 0.6 is 0 Å². The van der Waals surface area contributed by atoms with Crippen molar-refractivity contribution >= 4 is 11.9 Å². The SMILES string of the molecule is Cc1noc(C)c1CN1CC[C@H]2C[C@H](C(=O)NCc3ccco3)O[C@H]2C1.O=C(O)C(F)(F)F. The number of carboxylic acid groups (broad SMARTS) is 1. The third kappa shape index (κ3) is 6.57. The van der Waals surface area contributed by atoms with Gasteiger partial charge in [0.15, 0.2) is 0 Å². The lowest BCUT2D eigenvalue weighted by Crippen LogP contribution is -2.42. The fourth-order valence-corrected chi connectivity index (χ4v) is 3.96. The number of aryl methyl sites for hydroxylation is 2. The molecule has 9 nitrogen and oxygen atoms in total. The predicted octanol–water partition coefficient (Wildman–Crippen LogP) is 2.81. The standard InChI is InChI=1S/C19H25N3O4.C2HF3O2/c1-12-16(13(2)26-21-12)10-22-6-5-14-8-17(25-18(14)11-22)19(23)20-9-15-4-3-7-24-15;3-2(4,5)1(6)7/h3-4,7,14,17-18H,5-6,8-11H2,1-2H3,(H,20,23);(H,6,7)/t14-,17+,18-;/m0./s1. The molecule has 0 aromatic carbocycles. The summed E-state index contributed by atoms with van der Waals surface area (Å²) in [6, 6.07) is 3.66. The van der Waals surface area contributed by atoms with E-state index < -0.39 is 12.1 Å². The van der Waals surface area contributed by atoms with Crippen LogP contribution in [0.25, 0.3) is 0 Å². The van der Waals surface area contributed by atoms with Crippen molar-refractivity contribution in [3.63, 3.8) is 0 Å². The Kier molecular flexibility index (Phi) is 7.80. The molecule has 182 valence electrons. The van der Waals surface area contributed by atoms with Crippen LogP contribution in [0.2, 0.25) is 0 Å². The summed E-state index contributed by atoms with van der Waals surface area (Å²) in [5.41, 5.74) is 2.11. The zero-order valence-corrected chi connectivity index (χ0v) is 18.2. The van der Waals surface area contributed by atoms with Crippen LogP contribution in [0.1, 0.15) is 35.6 Å². The Balaban J connectivity index is 0.000000383. The maximum atomic E-state index is 12.4. The molecule has 4 rings (SSSR count). The first-order valence-corrected chi connectivity index (χ1v) is 10.4. The van der Waals surface area contributed by atoms with Gasteiger partial charge in [-0.15, -0.1) is 0 Å². The van der Waals surface area contributed by atoms with E-state index in [0.29, 0.717) is 12.5 Å². The first-order chi connectivity index (χ1) is 15.5. The lowest BCUT2D eigenvalue weighted by atomic mass is 9.91. The number of hydrogen-bond donors (Lipinski definition) is 2. The van der Waals surface area contributed by atoms with Crippen molar-refractivity contribution in [1.82, 2.24) is 15.4 Å². The number of carbonyl (C=O) groups is 2. The molecule has 2 N–H and O–H groups in total. The van der Waals surface area contributed by atoms with E-state index in [2.05, 4.69) is 15.4 Å². The molecule has 2 aromatic heterocycles. The number of rotatable bonds is 5. The Hall–Kier alpha value is -2.86. The van der Waals surface area contributed by atoms with E-state index in [0.717, 1.165) is 55.3 Å². The molecule has 0 spiro atoms. The van der Waals surface area contributed by atoms with Crippen molar-refractivity contribution < 1.29 is 41.5 Å². The highest BCUT2D eigenvalue weighted by Gasteiger charge is 2.42. The zero-order chi connectivity index (χ0) is 24.2. The molecule has 1 amide bonds. The van der Waals surface area contributed by atoms with Gasteiger partial charge in [0.05, 0.1) is 24.6 Å². The molecule has 0 saturated carbocycles. The van der Waals surface area contributed by atoms with Crippen molar-refractivity contribution in [2.45, 2.75) is 58.2 Å². The molecule has 2 aliphatic rings. The minimum absolute atomic E-state index is 0.0481. The van der Waals surface area contributed by atoms with Crippen LogP contribution < -0.4 is 5.32 Å². The second-order valence-corrected chi connectivity index (χ2v) is 8.09. The third-order valence-electron chi connectivity index (χ3n) is 5.75. The largest absolute Gasteiger partial charge is 0.490 e. The molecule has 0 radical (unpaired) electrons. The number of aromatic nitrogens is 1. The smallest absolute Gasteiger partial charge is 0.475 e. The number of ether oxygens (including phenoxy) is 1. The number of furan rings is 1. The van der Waals surface area contributed by atoms with Crippen LogP contribution in [0, 0.1) is 19.8 Å². The Morgan fingerprint density at radius 3 is 2.64 bits per heavy atom. The van der Waals surface area contributed by atoms with Gasteiger partial charge in [-0.25, -0.2) is 4.79 Å². The summed E-state index contributed by atoms with van der Waals surface area (Å²) >= 11 is 0. The molecule has 0 bridgehead atoms. The number of amides is 1. The number of carbonyl (C=O) groups excluding carboxylic acids is 1. The fourth-order valence-electron chi connectivity index (χ4n) is 3.96. The quantitative estimate of drug-likeness (QED) is 0.681. The highest BCUT2D eigenvalue weighted by atomic mass is 19.4. The Labute approximate surface area is 187 Å². The van der Waals surface area contributed by atoms with E-state index >= 15 is 0 Å². The summed E-state index contributed by atoms with van der Waals surface area (Å²) < 4.78 is 48.3. The highest BCUT2D eigenvalue weighted by Crippen LogP contribution is 2.34. The molecular weight excluding hydrogens is 447 g/mol. The lowest BCUT2D eigenvalue weighted by Gasteiger charge is -2.33. The average Bonchev–Trinajstić information content (AvgIpc) is 3.48. The number of nitrogens with one attached hydrogen (secondary N) is 1. The van der Waals surface area contributed by atoms with Crippen LogP contribution in [-0.2, 0) is 27.4 Å². The van der Waals surface area contributed by atoms with Gasteiger partial charge < -0.3 is 24.1 Å². The second kappa shape index (κ2) is 10.4. The zero-order valence-electron chi connectivity index (χ0n) is 18.2. The normalized spacial score (nSPS) is 22.9. The van der Waals surface area contributed by atoms with E-state index in [1.54, 1.807) is 6.26 Å². The van der Waals surface area contributed by atoms with Crippen LogP contribution in [0.4, 0.5) is 13.2 Å². The van der Waals surface area contributed by atoms with Gasteiger partial charge in [0.25, 0.3) is 0 Å². The van der Waals surface area contributed by atoms with Crippen molar-refractivity contribution in [2.75, 3.05) is 13.1 Å². The van der Waals surface area contributed by atoms with Crippen LogP contribution in [0.3, 0.4) is 0 Å². The van der Waals surface area contributed by atoms with Gasteiger partial charge in [-0.1, -0.05) is 5.16 Å². The van der Waals surface area contributed by atoms with Crippen LogP contribution in [0.15, 0.2) is 27.3 Å². The molecule has 0 aliphatic carbocycles. The third-order valence-corrected chi connectivity index (χ3v) is 5.75. The maximum Gasteiger partial charge on any atom is 0.490 e. The summed E-state index contributed by atoms with van der Waals surface area (Å²) in [4.78, 5) is 23.7. The van der Waals surface area contributed by atoms with E-state index in [1.165, 1.54) is 0 Å². The summed E-state index contributed by atoms with van der Waals surface area (Å²) in [6.45, 7) is 7.01. The van der Waals surface area contributed by atoms with Crippen molar-refractivity contribution in [2.24, 2.45) is 5.92 Å². The molecule has 2 fully saturated rings. The Morgan fingerprint density at radius 2 is 2.06 bits per heavy atom.